The first kappa shape index (κ1) is 27.9. The average Bonchev–Trinajstić information content (AvgIpc) is 3.14. The van der Waals surface area contributed by atoms with Gasteiger partial charge < -0.3 is 5.11 Å². The molecule has 7 unspecified atom stereocenters. The number of rotatable bonds is 5. The molecule has 0 spiro atoms. The van der Waals surface area contributed by atoms with Crippen LogP contribution in [0.1, 0.15) is 127 Å². The van der Waals surface area contributed by atoms with Crippen LogP contribution in [0.25, 0.3) is 0 Å². The standard InChI is InChI=1S/C27H46O.2C2H6/c1-18(2)7-6-8-19(3)23-11-12-24-22-10-9-20-17-21(28)13-15-26(20,4)25(22)14-16-27(23,24)5;2*1-2/h9-10,18-25,28H,6-8,11-17H2,1-5H3;2*1-2H3/t19?,20?,21?,22?,23?,24?,25?,26-,27+;;/m0../s1. The predicted molar refractivity (Wildman–Crippen MR) is 142 cm³/mol. The van der Waals surface area contributed by atoms with E-state index in [1.54, 1.807) is 0 Å². The summed E-state index contributed by atoms with van der Waals surface area (Å²) in [6.45, 7) is 20.6. The number of aliphatic hydroxyl groups is 1. The smallest absolute Gasteiger partial charge is 0.0546 e. The minimum absolute atomic E-state index is 0.0596. The lowest BCUT2D eigenvalue weighted by Gasteiger charge is -2.59. The van der Waals surface area contributed by atoms with E-state index in [2.05, 4.69) is 46.8 Å². The Morgan fingerprint density at radius 3 is 2.09 bits per heavy atom. The Balaban J connectivity index is 0.000000860. The highest BCUT2D eigenvalue weighted by atomic mass is 16.3. The van der Waals surface area contributed by atoms with Crippen LogP contribution in [0, 0.1) is 52.3 Å². The third-order valence-corrected chi connectivity index (χ3v) is 10.3. The van der Waals surface area contributed by atoms with Crippen molar-refractivity contribution < 1.29 is 5.11 Å². The van der Waals surface area contributed by atoms with Gasteiger partial charge in [0.25, 0.3) is 0 Å². The molecule has 0 bridgehead atoms. The SMILES string of the molecule is CC.CC.CC(C)CCCC(C)C1CCC2C3C=CC4CC(O)CC[C@]4(C)C3CC[C@]12C. The number of hydrogen-bond donors (Lipinski definition) is 1. The van der Waals surface area contributed by atoms with Gasteiger partial charge in [-0.2, -0.15) is 0 Å². The van der Waals surface area contributed by atoms with Gasteiger partial charge in [-0.1, -0.05) is 93.7 Å². The number of hydrogen-bond acceptors (Lipinski definition) is 1. The molecule has 0 heterocycles. The second kappa shape index (κ2) is 11.9. The van der Waals surface area contributed by atoms with Crippen molar-refractivity contribution in [2.24, 2.45) is 52.3 Å². The van der Waals surface area contributed by atoms with Crippen LogP contribution in [0.2, 0.25) is 0 Å². The Labute approximate surface area is 202 Å². The van der Waals surface area contributed by atoms with E-state index in [0.29, 0.717) is 16.7 Å². The van der Waals surface area contributed by atoms with E-state index in [1.165, 1.54) is 51.4 Å². The van der Waals surface area contributed by atoms with Crippen molar-refractivity contribution in [1.29, 1.82) is 0 Å². The molecule has 1 N–H and O–H groups in total. The summed E-state index contributed by atoms with van der Waals surface area (Å²) in [7, 11) is 0. The average molecular weight is 447 g/mol. The van der Waals surface area contributed by atoms with Gasteiger partial charge >= 0.3 is 0 Å². The Morgan fingerprint density at radius 1 is 0.812 bits per heavy atom. The highest BCUT2D eigenvalue weighted by Crippen LogP contribution is 2.67. The predicted octanol–water partition coefficient (Wildman–Crippen LogP) is 9.30. The van der Waals surface area contributed by atoms with Crippen LogP contribution < -0.4 is 0 Å². The molecule has 3 saturated carbocycles. The molecule has 0 aromatic heterocycles. The third-order valence-electron chi connectivity index (χ3n) is 10.3. The van der Waals surface area contributed by atoms with E-state index in [4.69, 9.17) is 0 Å². The maximum Gasteiger partial charge on any atom is 0.0546 e. The summed E-state index contributed by atoms with van der Waals surface area (Å²) in [6.07, 6.45) is 18.5. The summed E-state index contributed by atoms with van der Waals surface area (Å²) >= 11 is 0. The molecule has 0 aliphatic heterocycles. The fourth-order valence-electron chi connectivity index (χ4n) is 8.62. The van der Waals surface area contributed by atoms with Gasteiger partial charge in [0.1, 0.15) is 0 Å². The van der Waals surface area contributed by atoms with Crippen LogP contribution >= 0.6 is 0 Å². The van der Waals surface area contributed by atoms with Crippen LogP contribution in [-0.2, 0) is 0 Å². The van der Waals surface area contributed by atoms with Gasteiger partial charge in [-0.05, 0) is 97.2 Å². The lowest BCUT2D eigenvalue weighted by Crippen LogP contribution is -2.52. The molecule has 4 aliphatic carbocycles. The molecule has 1 nitrogen and oxygen atoms in total. The highest BCUT2D eigenvalue weighted by Gasteiger charge is 2.59. The van der Waals surface area contributed by atoms with Crippen molar-refractivity contribution in [3.05, 3.63) is 12.2 Å². The van der Waals surface area contributed by atoms with Crippen LogP contribution in [-0.4, -0.2) is 11.2 Å². The Kier molecular flexibility index (Phi) is 10.4. The normalized spacial score (nSPS) is 43.1. The summed E-state index contributed by atoms with van der Waals surface area (Å²) in [4.78, 5) is 0. The van der Waals surface area contributed by atoms with E-state index < -0.39 is 0 Å². The first-order chi connectivity index (χ1) is 15.3. The molecule has 0 radical (unpaired) electrons. The van der Waals surface area contributed by atoms with Crippen molar-refractivity contribution in [3.63, 3.8) is 0 Å². The summed E-state index contributed by atoms with van der Waals surface area (Å²) in [5.74, 6) is 5.89. The number of allylic oxidation sites excluding steroid dienone is 2. The van der Waals surface area contributed by atoms with Gasteiger partial charge in [0, 0.05) is 0 Å². The summed E-state index contributed by atoms with van der Waals surface area (Å²) in [5, 5.41) is 10.2. The monoisotopic (exact) mass is 446 g/mol. The molecular formula is C31H58O. The lowest BCUT2D eigenvalue weighted by molar-refractivity contribution is -0.0813. The molecule has 0 saturated heterocycles. The molecule has 0 amide bonds. The maximum absolute atomic E-state index is 10.2. The van der Waals surface area contributed by atoms with Gasteiger partial charge in [0.15, 0.2) is 0 Å². The molecule has 3 fully saturated rings. The van der Waals surface area contributed by atoms with Crippen LogP contribution in [0.4, 0.5) is 0 Å². The summed E-state index contributed by atoms with van der Waals surface area (Å²) in [6, 6.07) is 0. The van der Waals surface area contributed by atoms with Gasteiger partial charge in [0.05, 0.1) is 6.10 Å². The third kappa shape index (κ3) is 5.34. The molecule has 9 atom stereocenters. The zero-order valence-corrected chi connectivity index (χ0v) is 23.3. The first-order valence-corrected chi connectivity index (χ1v) is 14.6. The van der Waals surface area contributed by atoms with E-state index in [9.17, 15) is 5.11 Å². The molecule has 1 heteroatoms. The Bertz CT molecular complexity index is 579. The molecule has 4 rings (SSSR count). The van der Waals surface area contributed by atoms with Gasteiger partial charge in [-0.25, -0.2) is 0 Å². The topological polar surface area (TPSA) is 20.2 Å². The first-order valence-electron chi connectivity index (χ1n) is 14.6. The van der Waals surface area contributed by atoms with Crippen LogP contribution in [0.3, 0.4) is 0 Å². The van der Waals surface area contributed by atoms with E-state index in [0.717, 1.165) is 48.3 Å². The second-order valence-electron chi connectivity index (χ2n) is 12.2. The second-order valence-corrected chi connectivity index (χ2v) is 12.2. The van der Waals surface area contributed by atoms with Crippen LogP contribution in [0.5, 0.6) is 0 Å². The molecule has 4 aliphatic rings. The van der Waals surface area contributed by atoms with Gasteiger partial charge in [-0.15, -0.1) is 0 Å². The van der Waals surface area contributed by atoms with Crippen molar-refractivity contribution in [3.8, 4) is 0 Å². The quantitative estimate of drug-likeness (QED) is 0.417. The van der Waals surface area contributed by atoms with Gasteiger partial charge in [-0.3, -0.25) is 0 Å². The Hall–Kier alpha value is -0.300. The van der Waals surface area contributed by atoms with Gasteiger partial charge in [0.2, 0.25) is 0 Å². The van der Waals surface area contributed by atoms with Crippen molar-refractivity contribution in [2.45, 2.75) is 133 Å². The van der Waals surface area contributed by atoms with Crippen molar-refractivity contribution >= 4 is 0 Å². The molecule has 188 valence electrons. The molecule has 32 heavy (non-hydrogen) atoms. The zero-order valence-electron chi connectivity index (χ0n) is 23.3. The highest BCUT2D eigenvalue weighted by molar-refractivity contribution is 5.18. The maximum atomic E-state index is 10.2. The van der Waals surface area contributed by atoms with Crippen molar-refractivity contribution in [2.75, 3.05) is 0 Å². The minimum atomic E-state index is -0.0596. The largest absolute Gasteiger partial charge is 0.393 e. The Morgan fingerprint density at radius 2 is 1.44 bits per heavy atom. The van der Waals surface area contributed by atoms with Crippen molar-refractivity contribution in [1.82, 2.24) is 0 Å². The summed E-state index contributed by atoms with van der Waals surface area (Å²) in [5.41, 5.74) is 1.01. The van der Waals surface area contributed by atoms with E-state index >= 15 is 0 Å². The van der Waals surface area contributed by atoms with E-state index in [-0.39, 0.29) is 6.10 Å². The molecular weight excluding hydrogens is 388 g/mol. The minimum Gasteiger partial charge on any atom is -0.393 e. The molecule has 0 aromatic rings. The zero-order chi connectivity index (χ0) is 24.1. The lowest BCUT2D eigenvalue weighted by atomic mass is 9.46. The fourth-order valence-corrected chi connectivity index (χ4v) is 8.62. The van der Waals surface area contributed by atoms with E-state index in [1.807, 2.05) is 27.7 Å². The van der Waals surface area contributed by atoms with Crippen LogP contribution in [0.15, 0.2) is 12.2 Å². The number of aliphatic hydroxyl groups excluding tert-OH is 1. The number of fused-ring (bicyclic) bond motifs is 5. The fraction of sp³-hybridized carbons (Fsp3) is 0.935. The summed E-state index contributed by atoms with van der Waals surface area (Å²) < 4.78 is 0. The molecule has 0 aromatic carbocycles.